The summed E-state index contributed by atoms with van der Waals surface area (Å²) in [6, 6.07) is 0. The second-order valence-electron chi connectivity index (χ2n) is 4.96. The highest BCUT2D eigenvalue weighted by Crippen LogP contribution is 2.31. The maximum absolute atomic E-state index is 11.9. The number of hydrogen-bond donors (Lipinski definition) is 2. The van der Waals surface area contributed by atoms with E-state index in [0.29, 0.717) is 6.42 Å². The molecule has 0 heterocycles. The Kier molecular flexibility index (Phi) is 4.41. The zero-order chi connectivity index (χ0) is 13.1. The van der Waals surface area contributed by atoms with Crippen molar-refractivity contribution >= 4 is 5.91 Å². The molecule has 1 aliphatic rings. The van der Waals surface area contributed by atoms with Gasteiger partial charge >= 0.3 is 6.18 Å². The van der Waals surface area contributed by atoms with Gasteiger partial charge in [0.15, 0.2) is 0 Å². The van der Waals surface area contributed by atoms with Crippen LogP contribution in [-0.2, 0) is 4.79 Å². The second kappa shape index (κ2) is 5.25. The number of hydrogen-bond acceptors (Lipinski definition) is 2. The van der Waals surface area contributed by atoms with Crippen molar-refractivity contribution in [2.75, 3.05) is 6.54 Å². The van der Waals surface area contributed by atoms with Crippen LogP contribution < -0.4 is 11.1 Å². The molecule has 0 aromatic heterocycles. The third-order valence-electron chi connectivity index (χ3n) is 3.28. The lowest BCUT2D eigenvalue weighted by Crippen LogP contribution is -2.53. The lowest BCUT2D eigenvalue weighted by atomic mass is 9.74. The highest BCUT2D eigenvalue weighted by atomic mass is 19.4. The Labute approximate surface area is 98.9 Å². The van der Waals surface area contributed by atoms with Gasteiger partial charge in [-0.1, -0.05) is 12.8 Å². The maximum atomic E-state index is 11.9. The molecule has 3 N–H and O–H groups in total. The van der Waals surface area contributed by atoms with Crippen LogP contribution in [0.15, 0.2) is 0 Å². The molecule has 1 saturated carbocycles. The number of halogens is 3. The first-order valence-electron chi connectivity index (χ1n) is 5.86. The normalized spacial score (nSPS) is 30.1. The van der Waals surface area contributed by atoms with Crippen LogP contribution in [-0.4, -0.2) is 24.2 Å². The summed E-state index contributed by atoms with van der Waals surface area (Å²) < 4.78 is 35.8. The van der Waals surface area contributed by atoms with E-state index in [4.69, 9.17) is 5.73 Å². The Morgan fingerprint density at radius 1 is 1.47 bits per heavy atom. The molecule has 0 aromatic rings. The van der Waals surface area contributed by atoms with Crippen LogP contribution in [0.25, 0.3) is 0 Å². The number of alkyl halides is 3. The monoisotopic (exact) mass is 252 g/mol. The molecule has 1 fully saturated rings. The highest BCUT2D eigenvalue weighted by Gasteiger charge is 2.38. The molecule has 6 heteroatoms. The number of amides is 1. The van der Waals surface area contributed by atoms with E-state index in [0.717, 1.165) is 19.3 Å². The van der Waals surface area contributed by atoms with Crippen molar-refractivity contribution in [3.8, 4) is 0 Å². The number of rotatable bonds is 3. The molecule has 0 saturated heterocycles. The van der Waals surface area contributed by atoms with Gasteiger partial charge in [0.25, 0.3) is 0 Å². The van der Waals surface area contributed by atoms with Crippen molar-refractivity contribution < 1.29 is 18.0 Å². The number of nitrogens with one attached hydrogen (secondary N) is 1. The molecular weight excluding hydrogens is 233 g/mol. The maximum Gasteiger partial charge on any atom is 0.390 e. The van der Waals surface area contributed by atoms with Gasteiger partial charge in [0.05, 0.1) is 12.3 Å². The molecule has 1 amide bonds. The summed E-state index contributed by atoms with van der Waals surface area (Å²) in [4.78, 5) is 11.7. The lowest BCUT2D eigenvalue weighted by molar-refractivity contribution is -0.137. The van der Waals surface area contributed by atoms with E-state index in [1.807, 2.05) is 0 Å². The van der Waals surface area contributed by atoms with E-state index >= 15 is 0 Å². The highest BCUT2D eigenvalue weighted by molar-refractivity contribution is 5.80. The van der Waals surface area contributed by atoms with Gasteiger partial charge in [-0.25, -0.2) is 0 Å². The quantitative estimate of drug-likeness (QED) is 0.806. The lowest BCUT2D eigenvalue weighted by Gasteiger charge is -2.37. The van der Waals surface area contributed by atoms with Crippen LogP contribution in [0.1, 0.15) is 39.0 Å². The van der Waals surface area contributed by atoms with E-state index in [9.17, 15) is 18.0 Å². The van der Waals surface area contributed by atoms with Gasteiger partial charge in [0.1, 0.15) is 0 Å². The van der Waals surface area contributed by atoms with Crippen molar-refractivity contribution in [2.24, 2.45) is 11.7 Å². The van der Waals surface area contributed by atoms with Crippen LogP contribution in [0.4, 0.5) is 13.2 Å². The first-order valence-corrected chi connectivity index (χ1v) is 5.86. The fourth-order valence-corrected chi connectivity index (χ4v) is 2.24. The molecule has 0 spiro atoms. The van der Waals surface area contributed by atoms with Crippen LogP contribution >= 0.6 is 0 Å². The largest absolute Gasteiger partial charge is 0.390 e. The molecule has 0 aromatic carbocycles. The topological polar surface area (TPSA) is 55.1 Å². The van der Waals surface area contributed by atoms with Gasteiger partial charge in [0.2, 0.25) is 5.91 Å². The minimum atomic E-state index is -4.23. The van der Waals surface area contributed by atoms with E-state index in [2.05, 4.69) is 5.32 Å². The zero-order valence-electron chi connectivity index (χ0n) is 9.94. The summed E-state index contributed by atoms with van der Waals surface area (Å²) in [6.07, 6.45) is -1.95. The molecule has 1 rings (SSSR count). The fraction of sp³-hybridized carbons (Fsp3) is 0.909. The Bertz CT molecular complexity index is 276. The number of carbonyl (C=O) groups excluding carboxylic acids is 1. The van der Waals surface area contributed by atoms with Crippen molar-refractivity contribution in [1.82, 2.24) is 5.32 Å². The van der Waals surface area contributed by atoms with Gasteiger partial charge in [0, 0.05) is 12.1 Å². The molecule has 1 aliphatic carbocycles. The molecule has 0 radical (unpaired) electrons. The van der Waals surface area contributed by atoms with E-state index < -0.39 is 18.1 Å². The Balaban J connectivity index is 2.41. The number of carbonyl (C=O) groups is 1. The second-order valence-corrected chi connectivity index (χ2v) is 4.96. The average Bonchev–Trinajstić information content (AvgIpc) is 2.14. The predicted molar refractivity (Wildman–Crippen MR) is 58.2 cm³/mol. The molecule has 3 nitrogen and oxygen atoms in total. The minimum absolute atomic E-state index is 0.348. The van der Waals surface area contributed by atoms with Crippen molar-refractivity contribution in [3.05, 3.63) is 0 Å². The third kappa shape index (κ3) is 4.53. The smallest absolute Gasteiger partial charge is 0.355 e. The summed E-state index contributed by atoms with van der Waals surface area (Å²) in [7, 11) is 0. The molecule has 17 heavy (non-hydrogen) atoms. The molecule has 2 unspecified atom stereocenters. The van der Waals surface area contributed by atoms with Crippen molar-refractivity contribution in [2.45, 2.75) is 50.7 Å². The van der Waals surface area contributed by atoms with Gasteiger partial charge in [-0.3, -0.25) is 4.79 Å². The SMILES string of the molecule is CC1(N)CCCCC1C(=O)NCCC(F)(F)F. The van der Waals surface area contributed by atoms with Gasteiger partial charge in [-0.2, -0.15) is 13.2 Å². The summed E-state index contributed by atoms with van der Waals surface area (Å²) in [5.41, 5.74) is 5.40. The summed E-state index contributed by atoms with van der Waals surface area (Å²) in [5, 5.41) is 2.33. The van der Waals surface area contributed by atoms with Crippen molar-refractivity contribution in [1.29, 1.82) is 0 Å². The summed E-state index contributed by atoms with van der Waals surface area (Å²) in [5.74, 6) is -0.719. The first-order chi connectivity index (χ1) is 7.72. The van der Waals surface area contributed by atoms with Gasteiger partial charge in [-0.05, 0) is 19.8 Å². The standard InChI is InChI=1S/C11H19F3N2O/c1-10(15)5-3-2-4-8(10)9(17)16-7-6-11(12,13)14/h8H,2-7,15H2,1H3,(H,16,17). The van der Waals surface area contributed by atoms with E-state index in [1.165, 1.54) is 0 Å². The van der Waals surface area contributed by atoms with Crippen molar-refractivity contribution in [3.63, 3.8) is 0 Å². The Morgan fingerprint density at radius 3 is 2.65 bits per heavy atom. The average molecular weight is 252 g/mol. The molecule has 100 valence electrons. The predicted octanol–water partition coefficient (Wildman–Crippen LogP) is 1.96. The van der Waals surface area contributed by atoms with Gasteiger partial charge < -0.3 is 11.1 Å². The first kappa shape index (κ1) is 14.3. The Morgan fingerprint density at radius 2 is 2.12 bits per heavy atom. The van der Waals surface area contributed by atoms with Gasteiger partial charge in [-0.15, -0.1) is 0 Å². The molecule has 0 bridgehead atoms. The van der Waals surface area contributed by atoms with Crippen LogP contribution in [0.2, 0.25) is 0 Å². The fourth-order valence-electron chi connectivity index (χ4n) is 2.24. The summed E-state index contributed by atoms with van der Waals surface area (Å²) in [6.45, 7) is 1.43. The zero-order valence-corrected chi connectivity index (χ0v) is 9.94. The van der Waals surface area contributed by atoms with E-state index in [1.54, 1.807) is 6.92 Å². The van der Waals surface area contributed by atoms with Crippen LogP contribution in [0, 0.1) is 5.92 Å². The number of nitrogens with two attached hydrogens (primary N) is 1. The van der Waals surface area contributed by atoms with Crippen LogP contribution in [0.5, 0.6) is 0 Å². The minimum Gasteiger partial charge on any atom is -0.355 e. The Hall–Kier alpha value is -0.780. The molecular formula is C11H19F3N2O. The summed E-state index contributed by atoms with van der Waals surface area (Å²) >= 11 is 0. The third-order valence-corrected chi connectivity index (χ3v) is 3.28. The van der Waals surface area contributed by atoms with Crippen LogP contribution in [0.3, 0.4) is 0 Å². The molecule has 0 aliphatic heterocycles. The van der Waals surface area contributed by atoms with E-state index in [-0.39, 0.29) is 18.4 Å². The molecule has 2 atom stereocenters.